The van der Waals surface area contributed by atoms with Crippen LogP contribution in [-0.2, 0) is 6.61 Å². The van der Waals surface area contributed by atoms with E-state index < -0.39 is 0 Å². The molecule has 0 radical (unpaired) electrons. The first-order valence-electron chi connectivity index (χ1n) is 5.82. The molecule has 1 aromatic heterocycles. The van der Waals surface area contributed by atoms with Gasteiger partial charge in [0.1, 0.15) is 30.4 Å². The maximum absolute atomic E-state index is 8.76. The molecule has 2 aromatic rings. The summed E-state index contributed by atoms with van der Waals surface area (Å²) in [4.78, 5) is 0. The van der Waals surface area contributed by atoms with Gasteiger partial charge in [-0.3, -0.25) is 0 Å². The van der Waals surface area contributed by atoms with Gasteiger partial charge in [0.2, 0.25) is 0 Å². The highest BCUT2D eigenvalue weighted by Crippen LogP contribution is 2.20. The van der Waals surface area contributed by atoms with Crippen molar-refractivity contribution in [2.45, 2.75) is 20.5 Å². The minimum absolute atomic E-state index is 0.181. The minimum Gasteiger partial charge on any atom is -0.486 e. The van der Waals surface area contributed by atoms with Crippen molar-refractivity contribution in [2.24, 2.45) is 0 Å². The quantitative estimate of drug-likeness (QED) is 0.847. The Bertz CT molecular complexity index is 623. The van der Waals surface area contributed by atoms with Crippen LogP contribution in [0.2, 0.25) is 0 Å². The number of aliphatic hydroxyl groups is 1. The van der Waals surface area contributed by atoms with Crippen LogP contribution in [0.15, 0.2) is 22.8 Å². The first-order valence-corrected chi connectivity index (χ1v) is 5.82. The van der Waals surface area contributed by atoms with Gasteiger partial charge in [-0.05, 0) is 31.5 Å². The van der Waals surface area contributed by atoms with Crippen LogP contribution < -0.4 is 4.74 Å². The Morgan fingerprint density at radius 2 is 2.16 bits per heavy atom. The van der Waals surface area contributed by atoms with Crippen LogP contribution in [-0.4, -0.2) is 22.0 Å². The molecule has 98 valence electrons. The summed E-state index contributed by atoms with van der Waals surface area (Å²) in [6.45, 7) is 3.86. The molecule has 0 saturated carbocycles. The number of hydrogen-bond acceptors (Lipinski definition) is 5. The van der Waals surface area contributed by atoms with Crippen molar-refractivity contribution in [3.05, 3.63) is 40.7 Å². The van der Waals surface area contributed by atoms with Crippen LogP contribution in [0.5, 0.6) is 5.75 Å². The van der Waals surface area contributed by atoms with Crippen molar-refractivity contribution >= 4 is 0 Å². The topological polar surface area (TPSA) is 68.4 Å². The monoisotopic (exact) mass is 258 g/mol. The Morgan fingerprint density at radius 3 is 2.84 bits per heavy atom. The highest BCUT2D eigenvalue weighted by Gasteiger charge is 2.08. The van der Waals surface area contributed by atoms with Gasteiger partial charge in [-0.25, -0.2) is 4.63 Å². The molecule has 1 aromatic carbocycles. The summed E-state index contributed by atoms with van der Waals surface area (Å²) in [5, 5.41) is 16.2. The maximum atomic E-state index is 8.76. The van der Waals surface area contributed by atoms with Crippen LogP contribution in [0.3, 0.4) is 0 Å². The molecule has 0 bridgehead atoms. The average Bonchev–Trinajstić information content (AvgIpc) is 2.81. The van der Waals surface area contributed by atoms with Gasteiger partial charge in [0.25, 0.3) is 0 Å². The fourth-order valence-corrected chi connectivity index (χ4v) is 1.53. The van der Waals surface area contributed by atoms with Gasteiger partial charge in [0.15, 0.2) is 0 Å². The van der Waals surface area contributed by atoms with Gasteiger partial charge in [0.05, 0.1) is 5.56 Å². The third kappa shape index (κ3) is 3.33. The normalized spacial score (nSPS) is 9.84. The van der Waals surface area contributed by atoms with E-state index >= 15 is 0 Å². The molecule has 0 atom stereocenters. The van der Waals surface area contributed by atoms with E-state index in [0.29, 0.717) is 17.1 Å². The molecule has 0 saturated heterocycles. The third-order valence-electron chi connectivity index (χ3n) is 2.55. The number of aryl methyl sites for hydroxylation is 2. The van der Waals surface area contributed by atoms with Crippen LogP contribution in [0.4, 0.5) is 0 Å². The molecule has 5 nitrogen and oxygen atoms in total. The van der Waals surface area contributed by atoms with Gasteiger partial charge in [-0.1, -0.05) is 28.2 Å². The number of ether oxygens (including phenoxy) is 1. The predicted molar refractivity (Wildman–Crippen MR) is 68.5 cm³/mol. The summed E-state index contributed by atoms with van der Waals surface area (Å²) in [7, 11) is 0. The van der Waals surface area contributed by atoms with Gasteiger partial charge in [-0.15, -0.1) is 0 Å². The Labute approximate surface area is 111 Å². The van der Waals surface area contributed by atoms with Crippen LogP contribution >= 0.6 is 0 Å². The van der Waals surface area contributed by atoms with Gasteiger partial charge >= 0.3 is 0 Å². The van der Waals surface area contributed by atoms with Crippen LogP contribution in [0, 0.1) is 25.7 Å². The molecule has 0 amide bonds. The first kappa shape index (κ1) is 13.1. The third-order valence-corrected chi connectivity index (χ3v) is 2.55. The smallest absolute Gasteiger partial charge is 0.145 e. The molecule has 2 rings (SSSR count). The average molecular weight is 258 g/mol. The summed E-state index contributed by atoms with van der Waals surface area (Å²) >= 11 is 0. The second-order valence-electron chi connectivity index (χ2n) is 4.04. The number of rotatable bonds is 3. The number of benzene rings is 1. The van der Waals surface area contributed by atoms with Crippen molar-refractivity contribution in [3.8, 4) is 17.6 Å². The summed E-state index contributed by atoms with van der Waals surface area (Å²) < 4.78 is 10.3. The Kier molecular flexibility index (Phi) is 4.16. The van der Waals surface area contributed by atoms with Crippen molar-refractivity contribution in [3.63, 3.8) is 0 Å². The Balaban J connectivity index is 2.17. The molecule has 5 heteroatoms. The molecule has 0 spiro atoms. The van der Waals surface area contributed by atoms with E-state index in [1.165, 1.54) is 0 Å². The first-order chi connectivity index (χ1) is 9.20. The summed E-state index contributed by atoms with van der Waals surface area (Å²) in [5.74, 6) is 6.13. The molecular formula is C14H14N2O3. The molecule has 0 aliphatic carbocycles. The molecule has 0 unspecified atom stereocenters. The molecule has 0 fully saturated rings. The number of hydrogen-bond donors (Lipinski definition) is 1. The molecule has 1 N–H and O–H groups in total. The van der Waals surface area contributed by atoms with E-state index in [9.17, 15) is 0 Å². The minimum atomic E-state index is -0.181. The zero-order valence-electron chi connectivity index (χ0n) is 10.8. The van der Waals surface area contributed by atoms with Crippen molar-refractivity contribution < 1.29 is 14.5 Å². The van der Waals surface area contributed by atoms with E-state index in [1.54, 1.807) is 6.92 Å². The lowest BCUT2D eigenvalue weighted by Gasteiger charge is -2.07. The van der Waals surface area contributed by atoms with Gasteiger partial charge in [-0.2, -0.15) is 0 Å². The van der Waals surface area contributed by atoms with E-state index in [4.69, 9.17) is 9.84 Å². The molecule has 19 heavy (non-hydrogen) atoms. The van der Waals surface area contributed by atoms with E-state index in [0.717, 1.165) is 11.1 Å². The SMILES string of the molecule is Cc1ccc(OCc2nonc2C)c(C#CCO)c1. The summed E-state index contributed by atoms with van der Waals surface area (Å²) in [6, 6.07) is 5.69. The van der Waals surface area contributed by atoms with Crippen molar-refractivity contribution in [1.82, 2.24) is 10.3 Å². The van der Waals surface area contributed by atoms with E-state index in [1.807, 2.05) is 25.1 Å². The lowest BCUT2D eigenvalue weighted by molar-refractivity contribution is 0.269. The largest absolute Gasteiger partial charge is 0.486 e. The van der Waals surface area contributed by atoms with Gasteiger partial charge < -0.3 is 9.84 Å². The zero-order valence-corrected chi connectivity index (χ0v) is 10.8. The Hall–Kier alpha value is -2.32. The second kappa shape index (κ2) is 6.03. The standard InChI is InChI=1S/C14H14N2O3/c1-10-5-6-14(12(8-10)4-3-7-17)18-9-13-11(2)15-19-16-13/h5-6,8,17H,7,9H2,1-2H3. The van der Waals surface area contributed by atoms with E-state index in [-0.39, 0.29) is 13.2 Å². The number of nitrogens with zero attached hydrogens (tertiary/aromatic N) is 2. The lowest BCUT2D eigenvalue weighted by Crippen LogP contribution is -1.99. The lowest BCUT2D eigenvalue weighted by atomic mass is 10.1. The fraction of sp³-hybridized carbons (Fsp3) is 0.286. The van der Waals surface area contributed by atoms with Crippen molar-refractivity contribution in [1.29, 1.82) is 0 Å². The maximum Gasteiger partial charge on any atom is 0.145 e. The summed E-state index contributed by atoms with van der Waals surface area (Å²) in [6.07, 6.45) is 0. The Morgan fingerprint density at radius 1 is 1.32 bits per heavy atom. The fourth-order valence-electron chi connectivity index (χ4n) is 1.53. The molecule has 1 heterocycles. The summed E-state index contributed by atoms with van der Waals surface area (Å²) in [5.41, 5.74) is 3.17. The van der Waals surface area contributed by atoms with Crippen LogP contribution in [0.25, 0.3) is 0 Å². The molecule has 0 aliphatic rings. The van der Waals surface area contributed by atoms with Crippen LogP contribution in [0.1, 0.15) is 22.5 Å². The molecular weight excluding hydrogens is 244 g/mol. The highest BCUT2D eigenvalue weighted by atomic mass is 16.6. The molecule has 0 aliphatic heterocycles. The van der Waals surface area contributed by atoms with Gasteiger partial charge in [0, 0.05) is 0 Å². The predicted octanol–water partition coefficient (Wildman–Crippen LogP) is 1.61. The highest BCUT2D eigenvalue weighted by molar-refractivity contribution is 5.48. The number of aromatic nitrogens is 2. The second-order valence-corrected chi connectivity index (χ2v) is 4.04. The van der Waals surface area contributed by atoms with E-state index in [2.05, 4.69) is 26.8 Å². The zero-order chi connectivity index (χ0) is 13.7. The van der Waals surface area contributed by atoms with Crippen molar-refractivity contribution in [2.75, 3.05) is 6.61 Å². The number of aliphatic hydroxyl groups excluding tert-OH is 1.